The van der Waals surface area contributed by atoms with Crippen molar-refractivity contribution in [3.05, 3.63) is 58.5 Å². The van der Waals surface area contributed by atoms with Crippen LogP contribution < -0.4 is 16.4 Å². The molecule has 6 atom stereocenters. The molecule has 232 valence electrons. The molecule has 0 saturated heterocycles. The van der Waals surface area contributed by atoms with E-state index in [9.17, 15) is 28.7 Å². The van der Waals surface area contributed by atoms with Crippen molar-refractivity contribution in [1.29, 1.82) is 0 Å². The molecule has 0 spiro atoms. The molecule has 12 heteroatoms. The molecule has 2 aliphatic rings. The third kappa shape index (κ3) is 9.20. The zero-order valence-corrected chi connectivity index (χ0v) is 24.9. The van der Waals surface area contributed by atoms with Crippen molar-refractivity contribution in [1.82, 2.24) is 10.6 Å². The molecule has 42 heavy (non-hydrogen) atoms. The van der Waals surface area contributed by atoms with Gasteiger partial charge in [-0.15, -0.1) is 0 Å². The maximum Gasteiger partial charge on any atom is 0.405 e. The van der Waals surface area contributed by atoms with Crippen molar-refractivity contribution in [3.8, 4) is 0 Å². The number of rotatable bonds is 6. The average molecular weight is 592 g/mol. The lowest BCUT2D eigenvalue weighted by atomic mass is 9.85. The molecule has 0 radical (unpaired) electrons. The summed E-state index contributed by atoms with van der Waals surface area (Å²) in [4.78, 5) is 51.1. The van der Waals surface area contributed by atoms with Crippen LogP contribution in [0.15, 0.2) is 58.5 Å². The van der Waals surface area contributed by atoms with Gasteiger partial charge in [0.25, 0.3) is 5.91 Å². The summed E-state index contributed by atoms with van der Waals surface area (Å²) in [7, 11) is 2.87. The van der Waals surface area contributed by atoms with Gasteiger partial charge >= 0.3 is 6.09 Å². The molecule has 5 N–H and O–H groups in total. The van der Waals surface area contributed by atoms with Crippen molar-refractivity contribution < 1.29 is 42.9 Å². The van der Waals surface area contributed by atoms with Crippen LogP contribution in [0.25, 0.3) is 0 Å². The third-order valence-electron chi connectivity index (χ3n) is 7.19. The number of nitrogens with one attached hydrogen (secondary N) is 2. The van der Waals surface area contributed by atoms with Crippen molar-refractivity contribution in [2.45, 2.75) is 65.0 Å². The van der Waals surface area contributed by atoms with Crippen LogP contribution in [0.5, 0.6) is 0 Å². The molecule has 0 aromatic rings. The number of nitrogens with two attached hydrogens (primary N) is 1. The van der Waals surface area contributed by atoms with Crippen LogP contribution in [0.4, 0.5) is 9.18 Å². The van der Waals surface area contributed by atoms with Gasteiger partial charge in [-0.2, -0.15) is 0 Å². The van der Waals surface area contributed by atoms with Gasteiger partial charge < -0.3 is 35.7 Å². The predicted molar refractivity (Wildman–Crippen MR) is 154 cm³/mol. The Morgan fingerprint density at radius 2 is 1.88 bits per heavy atom. The van der Waals surface area contributed by atoms with E-state index in [1.165, 1.54) is 33.3 Å². The number of amides is 2. The smallest absolute Gasteiger partial charge is 0.405 e. The molecule has 1 aliphatic heterocycles. The number of carbonyl (C=O) groups excluding carboxylic acids is 4. The molecule has 2 amide bonds. The lowest BCUT2D eigenvalue weighted by molar-refractivity contribution is -0.120. The zero-order valence-electron chi connectivity index (χ0n) is 24.9. The second kappa shape index (κ2) is 16.1. The number of primary amides is 1. The van der Waals surface area contributed by atoms with Gasteiger partial charge in [-0.3, -0.25) is 14.4 Å². The van der Waals surface area contributed by atoms with Crippen LogP contribution in [-0.4, -0.2) is 80.5 Å². The number of allylic oxidation sites excluding steroid dienone is 4. The summed E-state index contributed by atoms with van der Waals surface area (Å²) >= 11 is 0. The van der Waals surface area contributed by atoms with E-state index in [1.54, 1.807) is 26.0 Å². The Balaban J connectivity index is 2.61. The highest BCUT2D eigenvalue weighted by Gasteiger charge is 2.33. The second-order valence-electron chi connectivity index (χ2n) is 10.5. The molecule has 2 rings (SSSR count). The summed E-state index contributed by atoms with van der Waals surface area (Å²) in [6.45, 7) is 5.92. The first-order valence-corrected chi connectivity index (χ1v) is 13.7. The first-order valence-electron chi connectivity index (χ1n) is 13.7. The van der Waals surface area contributed by atoms with Crippen LogP contribution in [-0.2, 0) is 28.6 Å². The van der Waals surface area contributed by atoms with E-state index in [1.807, 2.05) is 6.92 Å². The summed E-state index contributed by atoms with van der Waals surface area (Å²) in [5.74, 6) is -2.49. The van der Waals surface area contributed by atoms with Crippen LogP contribution in [0, 0.1) is 11.8 Å². The standard InChI is InChI=1S/C30H42FN3O8/c1-16-12-20-25(33-11-10-31)22(35)15-21(27(20)37)34-29(38)17(2)8-7-9-23(40-5)28(42-30(32)39)19(4)14-18(3)26(36)24(13-16)41-6/h7-9,14-16,18,23-24,26,28,33,36H,10-13H2,1-6H3,(H2,32,39)(H,34,38)/b9-7-,17-8+,19-14+/t16-,18+,23-,24-,26+,28+/m1/s1. The van der Waals surface area contributed by atoms with Gasteiger partial charge in [0, 0.05) is 43.9 Å². The number of methoxy groups -OCH3 is 2. The molecular formula is C30H42FN3O8. The van der Waals surface area contributed by atoms with Crippen LogP contribution in [0.2, 0.25) is 0 Å². The number of hydrogen-bond acceptors (Lipinski definition) is 9. The SMILES string of the molecule is CO[C@@H]1/C=C\C=C(/C)C(=O)NC2=CC(=O)C(NCCF)=C(C[C@@H](C)C[C@@H](OC)[C@@H](O)[C@@H](C)/C=C(\C)[C@@H]1OC(N)=O)C2=O. The number of halogens is 1. The quantitative estimate of drug-likeness (QED) is 0.268. The number of aliphatic hydroxyl groups is 1. The fourth-order valence-corrected chi connectivity index (χ4v) is 4.95. The van der Waals surface area contributed by atoms with Crippen molar-refractivity contribution in [3.63, 3.8) is 0 Å². The maximum absolute atomic E-state index is 13.5. The molecule has 1 aliphatic carbocycles. The third-order valence-corrected chi connectivity index (χ3v) is 7.19. The molecule has 0 aromatic heterocycles. The maximum atomic E-state index is 13.5. The summed E-state index contributed by atoms with van der Waals surface area (Å²) in [5.41, 5.74) is 5.99. The van der Waals surface area contributed by atoms with Gasteiger partial charge in [0.1, 0.15) is 12.8 Å². The number of Topliss-reactive ketones (excluding diaryl/α,β-unsaturated/α-hetero) is 1. The number of carbonyl (C=O) groups is 4. The minimum absolute atomic E-state index is 0.0175. The number of alkyl halides is 1. The summed E-state index contributed by atoms with van der Waals surface area (Å²) in [6.07, 6.45) is 3.29. The minimum atomic E-state index is -1.02. The number of hydrogen-bond donors (Lipinski definition) is 4. The van der Waals surface area contributed by atoms with Gasteiger partial charge in [-0.1, -0.05) is 38.2 Å². The highest BCUT2D eigenvalue weighted by Crippen LogP contribution is 2.28. The molecule has 2 bridgehead atoms. The highest BCUT2D eigenvalue weighted by molar-refractivity contribution is 6.23. The molecule has 11 nitrogen and oxygen atoms in total. The van der Waals surface area contributed by atoms with E-state index < -0.39 is 60.6 Å². The van der Waals surface area contributed by atoms with Crippen molar-refractivity contribution in [2.24, 2.45) is 17.6 Å². The normalized spacial score (nSPS) is 31.7. The highest BCUT2D eigenvalue weighted by atomic mass is 19.1. The van der Waals surface area contributed by atoms with E-state index in [-0.39, 0.29) is 41.4 Å². The topological polar surface area (TPSA) is 166 Å². The molecule has 0 unspecified atom stereocenters. The fourth-order valence-electron chi connectivity index (χ4n) is 4.95. The van der Waals surface area contributed by atoms with Crippen LogP contribution in [0.3, 0.4) is 0 Å². The second-order valence-corrected chi connectivity index (χ2v) is 10.5. The number of fused-ring (bicyclic) bond motifs is 2. The largest absolute Gasteiger partial charge is 0.439 e. The number of aliphatic hydroxyl groups excluding tert-OH is 1. The van der Waals surface area contributed by atoms with Gasteiger partial charge in [-0.05, 0) is 38.2 Å². The Hall–Kier alpha value is -3.61. The predicted octanol–water partition coefficient (Wildman–Crippen LogP) is 2.32. The Morgan fingerprint density at radius 1 is 1.19 bits per heavy atom. The van der Waals surface area contributed by atoms with E-state index in [4.69, 9.17) is 19.9 Å². The minimum Gasteiger partial charge on any atom is -0.439 e. The van der Waals surface area contributed by atoms with Crippen molar-refractivity contribution >= 4 is 23.6 Å². The van der Waals surface area contributed by atoms with Crippen LogP contribution in [0.1, 0.15) is 40.5 Å². The van der Waals surface area contributed by atoms with Gasteiger partial charge in [0.2, 0.25) is 11.6 Å². The molecule has 0 aromatic carbocycles. The summed E-state index contributed by atoms with van der Waals surface area (Å²) in [5, 5.41) is 16.4. The summed E-state index contributed by atoms with van der Waals surface area (Å²) < 4.78 is 29.4. The Morgan fingerprint density at radius 3 is 2.48 bits per heavy atom. The van der Waals surface area contributed by atoms with Crippen LogP contribution >= 0.6 is 0 Å². The van der Waals surface area contributed by atoms with E-state index in [0.717, 1.165) is 6.08 Å². The number of ether oxygens (including phenoxy) is 3. The van der Waals surface area contributed by atoms with E-state index in [0.29, 0.717) is 12.0 Å². The molecule has 0 fully saturated rings. The summed E-state index contributed by atoms with van der Waals surface area (Å²) in [6, 6.07) is 0. The molecular weight excluding hydrogens is 549 g/mol. The number of ketones is 2. The van der Waals surface area contributed by atoms with E-state index >= 15 is 0 Å². The average Bonchev–Trinajstić information content (AvgIpc) is 2.94. The first kappa shape index (κ1) is 34.6. The fraction of sp³-hybridized carbons (Fsp3) is 0.533. The van der Waals surface area contributed by atoms with Gasteiger partial charge in [-0.25, -0.2) is 9.18 Å². The lowest BCUT2D eigenvalue weighted by Crippen LogP contribution is -2.38. The Kier molecular flexibility index (Phi) is 13.3. The lowest BCUT2D eigenvalue weighted by Gasteiger charge is -2.30. The molecule has 0 saturated carbocycles. The monoisotopic (exact) mass is 591 g/mol. The Bertz CT molecular complexity index is 1190. The van der Waals surface area contributed by atoms with E-state index in [2.05, 4.69) is 10.6 Å². The molecule has 1 heterocycles. The van der Waals surface area contributed by atoms with Gasteiger partial charge in [0.05, 0.1) is 23.6 Å². The van der Waals surface area contributed by atoms with Gasteiger partial charge in [0.15, 0.2) is 6.10 Å². The Labute approximate surface area is 245 Å². The zero-order chi connectivity index (χ0) is 31.6. The first-order chi connectivity index (χ1) is 19.8. The van der Waals surface area contributed by atoms with Crippen molar-refractivity contribution in [2.75, 3.05) is 27.4 Å².